The van der Waals surface area contributed by atoms with Crippen molar-refractivity contribution in [1.29, 1.82) is 0 Å². The van der Waals surface area contributed by atoms with Crippen LogP contribution in [-0.2, 0) is 4.79 Å². The average Bonchev–Trinajstić information content (AvgIpc) is 2.17. The van der Waals surface area contributed by atoms with E-state index in [0.717, 1.165) is 19.5 Å². The molecule has 0 saturated carbocycles. The van der Waals surface area contributed by atoms with Crippen LogP contribution in [0.25, 0.3) is 0 Å². The summed E-state index contributed by atoms with van der Waals surface area (Å²) in [6.45, 7) is 8.63. The van der Waals surface area contributed by atoms with Crippen molar-refractivity contribution in [3.05, 3.63) is 0 Å². The number of carbonyl (C=O) groups is 1. The summed E-state index contributed by atoms with van der Waals surface area (Å²) in [7, 11) is 0. The van der Waals surface area contributed by atoms with Crippen molar-refractivity contribution in [2.24, 2.45) is 11.8 Å². The van der Waals surface area contributed by atoms with Gasteiger partial charge in [-0.15, -0.1) is 0 Å². The topological polar surface area (TPSA) is 20.3 Å². The van der Waals surface area contributed by atoms with Gasteiger partial charge in [0.2, 0.25) is 5.91 Å². The van der Waals surface area contributed by atoms with E-state index in [1.807, 2.05) is 0 Å². The smallest absolute Gasteiger partial charge is 0.222 e. The van der Waals surface area contributed by atoms with Crippen molar-refractivity contribution in [2.45, 2.75) is 52.9 Å². The van der Waals surface area contributed by atoms with Crippen LogP contribution >= 0.6 is 0 Å². The normalized spacial score (nSPS) is 19.3. The van der Waals surface area contributed by atoms with Gasteiger partial charge in [0.25, 0.3) is 0 Å². The monoisotopic (exact) mass is 211 g/mol. The summed E-state index contributed by atoms with van der Waals surface area (Å²) in [6, 6.07) is 0. The van der Waals surface area contributed by atoms with Gasteiger partial charge in [0.1, 0.15) is 0 Å². The van der Waals surface area contributed by atoms with E-state index < -0.39 is 0 Å². The van der Waals surface area contributed by atoms with Gasteiger partial charge in [-0.1, -0.05) is 20.8 Å². The Morgan fingerprint density at radius 1 is 1.13 bits per heavy atom. The minimum Gasteiger partial charge on any atom is -0.343 e. The van der Waals surface area contributed by atoms with Crippen LogP contribution in [0.3, 0.4) is 0 Å². The molecule has 1 fully saturated rings. The number of rotatable bonds is 4. The van der Waals surface area contributed by atoms with E-state index in [9.17, 15) is 4.79 Å². The fourth-order valence-corrected chi connectivity index (χ4v) is 2.46. The zero-order valence-electron chi connectivity index (χ0n) is 10.5. The molecule has 1 unspecified atom stereocenters. The Balaban J connectivity index is 2.27. The summed E-state index contributed by atoms with van der Waals surface area (Å²) in [6.07, 6.45) is 5.61. The number of piperidine rings is 1. The number of nitrogens with zero attached hydrogens (tertiary/aromatic N) is 1. The van der Waals surface area contributed by atoms with Gasteiger partial charge < -0.3 is 4.90 Å². The average molecular weight is 211 g/mol. The molecule has 0 bridgehead atoms. The van der Waals surface area contributed by atoms with Gasteiger partial charge in [-0.2, -0.15) is 0 Å². The lowest BCUT2D eigenvalue weighted by atomic mass is 9.95. The second-order valence-corrected chi connectivity index (χ2v) is 5.38. The second kappa shape index (κ2) is 6.14. The van der Waals surface area contributed by atoms with Gasteiger partial charge in [0, 0.05) is 19.5 Å². The highest BCUT2D eigenvalue weighted by molar-refractivity contribution is 5.76. The van der Waals surface area contributed by atoms with Crippen LogP contribution in [0.4, 0.5) is 0 Å². The van der Waals surface area contributed by atoms with Crippen LogP contribution in [0.1, 0.15) is 52.9 Å². The minimum atomic E-state index is 0.378. The van der Waals surface area contributed by atoms with Crippen molar-refractivity contribution in [1.82, 2.24) is 4.90 Å². The standard InChI is InChI=1S/C13H25NO/c1-11(2)9-12(3)10-13(15)14-7-5-4-6-8-14/h11-12H,4-10H2,1-3H3. The lowest BCUT2D eigenvalue weighted by Gasteiger charge is -2.28. The Morgan fingerprint density at radius 3 is 2.27 bits per heavy atom. The minimum absolute atomic E-state index is 0.378. The van der Waals surface area contributed by atoms with Crippen LogP contribution < -0.4 is 0 Å². The molecule has 88 valence electrons. The number of hydrogen-bond acceptors (Lipinski definition) is 1. The molecule has 1 aliphatic rings. The van der Waals surface area contributed by atoms with Gasteiger partial charge >= 0.3 is 0 Å². The van der Waals surface area contributed by atoms with Crippen molar-refractivity contribution >= 4 is 5.91 Å². The molecule has 2 heteroatoms. The van der Waals surface area contributed by atoms with E-state index in [4.69, 9.17) is 0 Å². The second-order valence-electron chi connectivity index (χ2n) is 5.38. The maximum atomic E-state index is 11.9. The van der Waals surface area contributed by atoms with Crippen molar-refractivity contribution in [3.63, 3.8) is 0 Å². The third-order valence-electron chi connectivity index (χ3n) is 3.11. The maximum Gasteiger partial charge on any atom is 0.222 e. The molecule has 1 atom stereocenters. The fraction of sp³-hybridized carbons (Fsp3) is 0.923. The number of likely N-dealkylation sites (tertiary alicyclic amines) is 1. The molecule has 1 aliphatic heterocycles. The van der Waals surface area contributed by atoms with Gasteiger partial charge in [0.15, 0.2) is 0 Å². The predicted octanol–water partition coefficient (Wildman–Crippen LogP) is 3.07. The van der Waals surface area contributed by atoms with Crippen molar-refractivity contribution in [3.8, 4) is 0 Å². The first-order valence-electron chi connectivity index (χ1n) is 6.37. The van der Waals surface area contributed by atoms with Crippen LogP contribution in [0.5, 0.6) is 0 Å². The summed E-state index contributed by atoms with van der Waals surface area (Å²) >= 11 is 0. The molecule has 1 rings (SSSR count). The molecule has 1 amide bonds. The van der Waals surface area contributed by atoms with Gasteiger partial charge in [-0.05, 0) is 37.5 Å². The molecule has 2 nitrogen and oxygen atoms in total. The van der Waals surface area contributed by atoms with Crippen LogP contribution in [0.15, 0.2) is 0 Å². The number of amides is 1. The first-order valence-corrected chi connectivity index (χ1v) is 6.37. The molecule has 15 heavy (non-hydrogen) atoms. The highest BCUT2D eigenvalue weighted by Crippen LogP contribution is 2.17. The molecule has 0 spiro atoms. The molecule has 1 heterocycles. The van der Waals surface area contributed by atoms with E-state index >= 15 is 0 Å². The van der Waals surface area contributed by atoms with E-state index in [2.05, 4.69) is 25.7 Å². The third kappa shape index (κ3) is 4.67. The summed E-state index contributed by atoms with van der Waals surface area (Å²) < 4.78 is 0. The Labute approximate surface area is 94.0 Å². The predicted molar refractivity (Wildman–Crippen MR) is 63.7 cm³/mol. The molecular formula is C13H25NO. The molecule has 0 aromatic carbocycles. The van der Waals surface area contributed by atoms with Gasteiger partial charge in [-0.25, -0.2) is 0 Å². The largest absolute Gasteiger partial charge is 0.343 e. The molecule has 0 radical (unpaired) electrons. The summed E-state index contributed by atoms with van der Waals surface area (Å²) in [5.74, 6) is 1.62. The van der Waals surface area contributed by atoms with E-state index in [0.29, 0.717) is 17.7 Å². The first-order chi connectivity index (χ1) is 7.09. The highest BCUT2D eigenvalue weighted by atomic mass is 16.2. The molecular weight excluding hydrogens is 186 g/mol. The lowest BCUT2D eigenvalue weighted by Crippen LogP contribution is -2.36. The fourth-order valence-electron chi connectivity index (χ4n) is 2.46. The van der Waals surface area contributed by atoms with E-state index in [1.165, 1.54) is 25.7 Å². The highest BCUT2D eigenvalue weighted by Gasteiger charge is 2.18. The summed E-state index contributed by atoms with van der Waals surface area (Å²) in [4.78, 5) is 14.0. The Bertz CT molecular complexity index is 195. The zero-order valence-corrected chi connectivity index (χ0v) is 10.5. The van der Waals surface area contributed by atoms with Crippen molar-refractivity contribution in [2.75, 3.05) is 13.1 Å². The molecule has 0 aromatic heterocycles. The van der Waals surface area contributed by atoms with Crippen molar-refractivity contribution < 1.29 is 4.79 Å². The van der Waals surface area contributed by atoms with Crippen LogP contribution in [0.2, 0.25) is 0 Å². The van der Waals surface area contributed by atoms with Crippen LogP contribution in [-0.4, -0.2) is 23.9 Å². The van der Waals surface area contributed by atoms with Gasteiger partial charge in [0.05, 0.1) is 0 Å². The molecule has 1 saturated heterocycles. The van der Waals surface area contributed by atoms with Gasteiger partial charge in [-0.3, -0.25) is 4.79 Å². The summed E-state index contributed by atoms with van der Waals surface area (Å²) in [5, 5.41) is 0. The number of hydrogen-bond donors (Lipinski definition) is 0. The Hall–Kier alpha value is -0.530. The Morgan fingerprint density at radius 2 is 1.73 bits per heavy atom. The quantitative estimate of drug-likeness (QED) is 0.700. The summed E-state index contributed by atoms with van der Waals surface area (Å²) in [5.41, 5.74) is 0. The Kier molecular flexibility index (Phi) is 5.13. The van der Waals surface area contributed by atoms with E-state index in [-0.39, 0.29) is 0 Å². The third-order valence-corrected chi connectivity index (χ3v) is 3.11. The van der Waals surface area contributed by atoms with E-state index in [1.54, 1.807) is 0 Å². The SMILES string of the molecule is CC(C)CC(C)CC(=O)N1CCCCC1. The maximum absolute atomic E-state index is 11.9. The van der Waals surface area contributed by atoms with Crippen LogP contribution in [0, 0.1) is 11.8 Å². The lowest BCUT2D eigenvalue weighted by molar-refractivity contribution is -0.133. The molecule has 0 aliphatic carbocycles. The molecule has 0 N–H and O–H groups in total. The number of carbonyl (C=O) groups excluding carboxylic acids is 1. The first kappa shape index (κ1) is 12.5. The molecule has 0 aromatic rings. The zero-order chi connectivity index (χ0) is 11.3.